The molecule has 0 aromatic rings. The summed E-state index contributed by atoms with van der Waals surface area (Å²) in [6.07, 6.45) is 0. The van der Waals surface area contributed by atoms with E-state index < -0.39 is 6.03 Å². The molecular formula is CH2IN3O2. The molecular weight excluding hydrogens is 213 g/mol. The lowest BCUT2D eigenvalue weighted by molar-refractivity contribution is 0.238. The van der Waals surface area contributed by atoms with Gasteiger partial charge in [-0.1, -0.05) is 0 Å². The second-order valence-electron chi connectivity index (χ2n) is 0.680. The van der Waals surface area contributed by atoms with Crippen LogP contribution in [0.5, 0.6) is 0 Å². The highest BCUT2D eigenvalue weighted by atomic mass is 127. The summed E-state index contributed by atoms with van der Waals surface area (Å²) in [6.45, 7) is 0. The van der Waals surface area contributed by atoms with Gasteiger partial charge in [0.25, 0.3) is 0 Å². The summed E-state index contributed by atoms with van der Waals surface area (Å²) in [7, 11) is 0. The summed E-state index contributed by atoms with van der Waals surface area (Å²) < 4.78 is 0.470. The second kappa shape index (κ2) is 2.72. The van der Waals surface area contributed by atoms with E-state index in [-0.39, 0.29) is 0 Å². The Balaban J connectivity index is 3.55. The number of nitrogens with zero attached hydrogens (tertiary/aromatic N) is 2. The van der Waals surface area contributed by atoms with Gasteiger partial charge in [0.15, 0.2) is 0 Å². The first-order chi connectivity index (χ1) is 3.18. The molecule has 0 unspecified atom stereocenters. The Morgan fingerprint density at radius 3 is 2.29 bits per heavy atom. The highest BCUT2D eigenvalue weighted by Crippen LogP contribution is 1.95. The third-order valence-corrected chi connectivity index (χ3v) is 0.905. The zero-order chi connectivity index (χ0) is 5.86. The first-order valence-corrected chi connectivity index (χ1v) is 2.23. The summed E-state index contributed by atoms with van der Waals surface area (Å²) >= 11 is 1.38. The molecule has 0 aliphatic carbocycles. The molecule has 0 aromatic carbocycles. The fraction of sp³-hybridized carbons (Fsp3) is 0. The van der Waals surface area contributed by atoms with E-state index >= 15 is 0 Å². The second-order valence-corrected chi connectivity index (χ2v) is 1.59. The van der Waals surface area contributed by atoms with Crippen LogP contribution in [0, 0.1) is 4.91 Å². The SMILES string of the molecule is NC(=O)N(I)N=O. The maximum atomic E-state index is 9.78. The molecule has 0 heterocycles. The van der Waals surface area contributed by atoms with Crippen LogP contribution >= 0.6 is 22.9 Å². The highest BCUT2D eigenvalue weighted by Gasteiger charge is 2.00. The van der Waals surface area contributed by atoms with Crippen molar-refractivity contribution in [1.29, 1.82) is 0 Å². The zero-order valence-corrected chi connectivity index (χ0v) is 5.32. The third kappa shape index (κ3) is 2.31. The van der Waals surface area contributed by atoms with Gasteiger partial charge in [0.05, 0.1) is 28.2 Å². The predicted octanol–water partition coefficient (Wildman–Crippen LogP) is 0.399. The minimum absolute atomic E-state index is 0.470. The molecule has 0 aromatic heterocycles. The van der Waals surface area contributed by atoms with Crippen LogP contribution in [-0.2, 0) is 0 Å². The summed E-state index contributed by atoms with van der Waals surface area (Å²) in [5.41, 5.74) is 4.53. The molecule has 0 aliphatic heterocycles. The molecule has 0 fully saturated rings. The number of nitroso groups, excluding NO2 is 1. The molecule has 0 radical (unpaired) electrons. The molecule has 0 aliphatic rings. The first kappa shape index (κ1) is 6.60. The van der Waals surface area contributed by atoms with Gasteiger partial charge >= 0.3 is 6.03 Å². The topological polar surface area (TPSA) is 75.8 Å². The summed E-state index contributed by atoms with van der Waals surface area (Å²) in [5, 5.41) is 2.18. The maximum Gasteiger partial charge on any atom is 0.347 e. The fourth-order valence-electron chi connectivity index (χ4n) is 0.0402. The van der Waals surface area contributed by atoms with Gasteiger partial charge in [-0.25, -0.2) is 4.79 Å². The number of rotatable bonds is 1. The zero-order valence-electron chi connectivity index (χ0n) is 3.17. The molecule has 0 atom stereocenters. The van der Waals surface area contributed by atoms with E-state index in [0.29, 0.717) is 3.22 Å². The summed E-state index contributed by atoms with van der Waals surface area (Å²) in [6, 6.07) is -0.865. The van der Waals surface area contributed by atoms with E-state index in [0.717, 1.165) is 0 Å². The van der Waals surface area contributed by atoms with E-state index in [2.05, 4.69) is 11.0 Å². The van der Waals surface area contributed by atoms with E-state index in [1.54, 1.807) is 0 Å². The van der Waals surface area contributed by atoms with Crippen molar-refractivity contribution in [3.63, 3.8) is 0 Å². The minimum atomic E-state index is -0.865. The molecule has 6 heteroatoms. The van der Waals surface area contributed by atoms with Gasteiger partial charge in [0, 0.05) is 0 Å². The number of primary amides is 1. The van der Waals surface area contributed by atoms with Crippen molar-refractivity contribution in [2.75, 3.05) is 0 Å². The standard InChI is InChI=1S/CH2IN3O2/c2-5(4-7)1(3)6/h(H2,3,6). The fourth-order valence-corrected chi connectivity index (χ4v) is 0.0402. The van der Waals surface area contributed by atoms with Gasteiger partial charge in [0.1, 0.15) is 0 Å². The van der Waals surface area contributed by atoms with Crippen LogP contribution in [0.25, 0.3) is 0 Å². The van der Waals surface area contributed by atoms with Crippen molar-refractivity contribution in [2.45, 2.75) is 0 Å². The lowest BCUT2D eigenvalue weighted by atomic mass is 11.2. The molecule has 0 saturated heterocycles. The number of halogens is 1. The number of amides is 2. The molecule has 0 spiro atoms. The number of hydrogen-bond acceptors (Lipinski definition) is 3. The smallest absolute Gasteiger partial charge is 0.347 e. The normalized spacial score (nSPS) is 7.57. The average molecular weight is 215 g/mol. The van der Waals surface area contributed by atoms with Crippen molar-refractivity contribution in [1.82, 2.24) is 3.22 Å². The third-order valence-electron chi connectivity index (χ3n) is 0.254. The lowest BCUT2D eigenvalue weighted by Gasteiger charge is -1.93. The Morgan fingerprint density at radius 2 is 2.29 bits per heavy atom. The van der Waals surface area contributed by atoms with Gasteiger partial charge in [-0.3, -0.25) is 0 Å². The van der Waals surface area contributed by atoms with E-state index in [1.165, 1.54) is 22.9 Å². The van der Waals surface area contributed by atoms with Gasteiger partial charge in [-0.2, -0.15) is 0 Å². The van der Waals surface area contributed by atoms with Crippen LogP contribution in [0.15, 0.2) is 5.29 Å². The Hall–Kier alpha value is -0.400. The van der Waals surface area contributed by atoms with Crippen LogP contribution in [0.4, 0.5) is 4.79 Å². The highest BCUT2D eigenvalue weighted by molar-refractivity contribution is 14.1. The maximum absolute atomic E-state index is 9.78. The van der Waals surface area contributed by atoms with Crippen LogP contribution in [0.3, 0.4) is 0 Å². The van der Waals surface area contributed by atoms with Gasteiger partial charge in [0.2, 0.25) is 0 Å². The number of carbonyl (C=O) groups excluding carboxylic acids is 1. The quantitative estimate of drug-likeness (QED) is 0.297. The summed E-state index contributed by atoms with van der Waals surface area (Å²) in [5.74, 6) is 0. The van der Waals surface area contributed by atoms with E-state index in [4.69, 9.17) is 0 Å². The largest absolute Gasteiger partial charge is 0.349 e. The van der Waals surface area contributed by atoms with Crippen LogP contribution in [-0.4, -0.2) is 9.25 Å². The van der Waals surface area contributed by atoms with E-state index in [1.807, 2.05) is 0 Å². The molecule has 0 rings (SSSR count). The monoisotopic (exact) mass is 215 g/mol. The number of nitrogens with two attached hydrogens (primary N) is 1. The Kier molecular flexibility index (Phi) is 2.56. The molecule has 40 valence electrons. The first-order valence-electron chi connectivity index (χ1n) is 1.27. The Morgan fingerprint density at radius 1 is 1.86 bits per heavy atom. The molecule has 7 heavy (non-hydrogen) atoms. The molecule has 0 bridgehead atoms. The molecule has 0 saturated carbocycles. The molecule has 2 amide bonds. The van der Waals surface area contributed by atoms with Gasteiger partial charge < -0.3 is 5.73 Å². The van der Waals surface area contributed by atoms with Crippen LogP contribution < -0.4 is 5.73 Å². The molecule has 5 nitrogen and oxygen atoms in total. The van der Waals surface area contributed by atoms with Crippen molar-refractivity contribution in [3.05, 3.63) is 4.91 Å². The van der Waals surface area contributed by atoms with Crippen molar-refractivity contribution >= 4 is 28.9 Å². The minimum Gasteiger partial charge on any atom is -0.349 e. The van der Waals surface area contributed by atoms with E-state index in [9.17, 15) is 9.70 Å². The predicted molar refractivity (Wildman–Crippen MR) is 31.2 cm³/mol. The Labute approximate surface area is 53.3 Å². The van der Waals surface area contributed by atoms with Gasteiger partial charge in [-0.15, -0.1) is 8.13 Å². The lowest BCUT2D eigenvalue weighted by Crippen LogP contribution is -2.21. The van der Waals surface area contributed by atoms with Gasteiger partial charge in [-0.05, 0) is 0 Å². The Bertz CT molecular complexity index is 92.9. The average Bonchev–Trinajstić information content (AvgIpc) is 1.65. The van der Waals surface area contributed by atoms with Crippen molar-refractivity contribution < 1.29 is 4.79 Å². The van der Waals surface area contributed by atoms with Crippen molar-refractivity contribution in [2.24, 2.45) is 11.0 Å². The van der Waals surface area contributed by atoms with Crippen LogP contribution in [0.2, 0.25) is 0 Å². The molecule has 2 N–H and O–H groups in total. The van der Waals surface area contributed by atoms with Crippen molar-refractivity contribution in [3.8, 4) is 0 Å². The number of hydrogen-bond donors (Lipinski definition) is 1. The number of carbonyl (C=O) groups is 1. The number of urea groups is 1. The van der Waals surface area contributed by atoms with Crippen LogP contribution in [0.1, 0.15) is 0 Å². The summed E-state index contributed by atoms with van der Waals surface area (Å²) in [4.78, 5) is 19.1.